The standard InChI is InChI=1S/C17H19N3O5S/c21-20(22)14-6-10-16(11-7-14)26(23,24)19-13-4-8-15(9-5-13)25-17-3-1-2-12-18-17/h1-3,6-7,10-13,15,19H,4-5,8-9H2. The van der Waals surface area contributed by atoms with E-state index in [4.69, 9.17) is 4.74 Å². The lowest BCUT2D eigenvalue weighted by molar-refractivity contribution is -0.384. The van der Waals surface area contributed by atoms with E-state index in [0.717, 1.165) is 12.8 Å². The molecule has 1 N–H and O–H groups in total. The SMILES string of the molecule is O=[N+]([O-])c1ccc(S(=O)(=O)NC2CCC(Oc3ccccn3)CC2)cc1. The molecule has 0 bridgehead atoms. The van der Waals surface area contributed by atoms with Crippen molar-refractivity contribution in [3.05, 3.63) is 58.8 Å². The number of rotatable bonds is 6. The van der Waals surface area contributed by atoms with Crippen LogP contribution in [0.25, 0.3) is 0 Å². The quantitative estimate of drug-likeness (QED) is 0.612. The van der Waals surface area contributed by atoms with Crippen molar-refractivity contribution in [2.45, 2.75) is 42.7 Å². The van der Waals surface area contributed by atoms with Gasteiger partial charge in [0.2, 0.25) is 15.9 Å². The Morgan fingerprint density at radius 2 is 1.77 bits per heavy atom. The number of aromatic nitrogens is 1. The van der Waals surface area contributed by atoms with Gasteiger partial charge in [0.25, 0.3) is 5.69 Å². The van der Waals surface area contributed by atoms with E-state index in [0.29, 0.717) is 18.7 Å². The molecule has 2 aromatic rings. The molecule has 0 aliphatic heterocycles. The highest BCUT2D eigenvalue weighted by molar-refractivity contribution is 7.89. The van der Waals surface area contributed by atoms with Crippen LogP contribution in [0.2, 0.25) is 0 Å². The minimum atomic E-state index is -3.70. The second-order valence-electron chi connectivity index (χ2n) is 6.13. The topological polar surface area (TPSA) is 111 Å². The molecule has 9 heteroatoms. The highest BCUT2D eigenvalue weighted by Gasteiger charge is 2.27. The Hall–Kier alpha value is -2.52. The minimum absolute atomic E-state index is 0.0185. The Bertz CT molecular complexity index is 848. The third-order valence-corrected chi connectivity index (χ3v) is 5.82. The van der Waals surface area contributed by atoms with Gasteiger partial charge in [0.1, 0.15) is 6.10 Å². The smallest absolute Gasteiger partial charge is 0.269 e. The number of nitro groups is 1. The number of nitrogens with one attached hydrogen (secondary N) is 1. The maximum atomic E-state index is 12.4. The lowest BCUT2D eigenvalue weighted by Crippen LogP contribution is -2.39. The number of benzene rings is 1. The van der Waals surface area contributed by atoms with Gasteiger partial charge in [-0.3, -0.25) is 10.1 Å². The van der Waals surface area contributed by atoms with Crippen molar-refractivity contribution < 1.29 is 18.1 Å². The summed E-state index contributed by atoms with van der Waals surface area (Å²) in [5, 5.41) is 10.7. The summed E-state index contributed by atoms with van der Waals surface area (Å²) in [7, 11) is -3.70. The first-order valence-electron chi connectivity index (χ1n) is 8.28. The van der Waals surface area contributed by atoms with Gasteiger partial charge in [-0.2, -0.15) is 0 Å². The van der Waals surface area contributed by atoms with Crippen LogP contribution >= 0.6 is 0 Å². The summed E-state index contributed by atoms with van der Waals surface area (Å²) in [6.45, 7) is 0. The second-order valence-corrected chi connectivity index (χ2v) is 7.85. The van der Waals surface area contributed by atoms with Crippen molar-refractivity contribution in [1.82, 2.24) is 9.71 Å². The minimum Gasteiger partial charge on any atom is -0.474 e. The number of nitrogens with zero attached hydrogens (tertiary/aromatic N) is 2. The second kappa shape index (κ2) is 7.79. The number of sulfonamides is 1. The van der Waals surface area contributed by atoms with Crippen molar-refractivity contribution in [3.8, 4) is 5.88 Å². The molecule has 0 radical (unpaired) electrons. The molecule has 1 aliphatic carbocycles. The molecule has 1 saturated carbocycles. The summed E-state index contributed by atoms with van der Waals surface area (Å²) in [6, 6.07) is 10.1. The third-order valence-electron chi connectivity index (χ3n) is 4.28. The van der Waals surface area contributed by atoms with Gasteiger partial charge in [-0.25, -0.2) is 18.1 Å². The van der Waals surface area contributed by atoms with Gasteiger partial charge in [-0.15, -0.1) is 0 Å². The lowest BCUT2D eigenvalue weighted by Gasteiger charge is -2.29. The molecule has 0 spiro atoms. The molecule has 1 aliphatic rings. The zero-order chi connectivity index (χ0) is 18.6. The fraction of sp³-hybridized carbons (Fsp3) is 0.353. The zero-order valence-corrected chi connectivity index (χ0v) is 14.8. The number of pyridine rings is 1. The number of hydrogen-bond acceptors (Lipinski definition) is 6. The van der Waals surface area contributed by atoms with E-state index in [9.17, 15) is 18.5 Å². The van der Waals surface area contributed by atoms with E-state index in [2.05, 4.69) is 9.71 Å². The first-order chi connectivity index (χ1) is 12.4. The molecule has 8 nitrogen and oxygen atoms in total. The molecule has 26 heavy (non-hydrogen) atoms. The molecular formula is C17H19N3O5S. The molecule has 0 atom stereocenters. The summed E-state index contributed by atoms with van der Waals surface area (Å²) < 4.78 is 33.3. The highest BCUT2D eigenvalue weighted by atomic mass is 32.2. The average molecular weight is 377 g/mol. The van der Waals surface area contributed by atoms with E-state index in [-0.39, 0.29) is 22.7 Å². The molecule has 0 saturated heterocycles. The Balaban J connectivity index is 1.55. The Kier molecular flexibility index (Phi) is 5.48. The van der Waals surface area contributed by atoms with Crippen molar-refractivity contribution in [3.63, 3.8) is 0 Å². The number of non-ortho nitro benzene ring substituents is 1. The van der Waals surface area contributed by atoms with Crippen molar-refractivity contribution in [2.24, 2.45) is 0 Å². The van der Waals surface area contributed by atoms with Crippen LogP contribution < -0.4 is 9.46 Å². The van der Waals surface area contributed by atoms with Crippen LogP contribution in [-0.4, -0.2) is 30.5 Å². The van der Waals surface area contributed by atoms with Gasteiger partial charge >= 0.3 is 0 Å². The Labute approximate surface area is 151 Å². The average Bonchev–Trinajstić information content (AvgIpc) is 2.64. The lowest BCUT2D eigenvalue weighted by atomic mass is 9.94. The van der Waals surface area contributed by atoms with E-state index in [1.54, 1.807) is 12.3 Å². The van der Waals surface area contributed by atoms with Crippen LogP contribution in [0.5, 0.6) is 5.88 Å². The van der Waals surface area contributed by atoms with Gasteiger partial charge in [-0.05, 0) is 43.9 Å². The first-order valence-corrected chi connectivity index (χ1v) is 9.77. The Morgan fingerprint density at radius 3 is 2.35 bits per heavy atom. The van der Waals surface area contributed by atoms with Gasteiger partial charge in [-0.1, -0.05) is 6.07 Å². The van der Waals surface area contributed by atoms with Crippen LogP contribution in [0.4, 0.5) is 5.69 Å². The molecule has 1 aromatic carbocycles. The third kappa shape index (κ3) is 4.55. The molecule has 0 amide bonds. The van der Waals surface area contributed by atoms with E-state index in [1.165, 1.54) is 24.3 Å². The van der Waals surface area contributed by atoms with E-state index in [1.807, 2.05) is 12.1 Å². The molecule has 138 valence electrons. The highest BCUT2D eigenvalue weighted by Crippen LogP contribution is 2.24. The van der Waals surface area contributed by atoms with Gasteiger partial charge < -0.3 is 4.74 Å². The molecule has 1 aromatic heterocycles. The van der Waals surface area contributed by atoms with Gasteiger partial charge in [0, 0.05) is 30.4 Å². The van der Waals surface area contributed by atoms with Crippen molar-refractivity contribution >= 4 is 15.7 Å². The fourth-order valence-electron chi connectivity index (χ4n) is 2.92. The molecule has 1 heterocycles. The predicted molar refractivity (Wildman–Crippen MR) is 94.3 cm³/mol. The monoisotopic (exact) mass is 377 g/mol. The van der Waals surface area contributed by atoms with Gasteiger partial charge in [0.15, 0.2) is 0 Å². The maximum absolute atomic E-state index is 12.4. The van der Waals surface area contributed by atoms with E-state index < -0.39 is 14.9 Å². The predicted octanol–water partition coefficient (Wildman–Crippen LogP) is 2.66. The summed E-state index contributed by atoms with van der Waals surface area (Å²) in [4.78, 5) is 14.3. The van der Waals surface area contributed by atoms with E-state index >= 15 is 0 Å². The number of hydrogen-bond donors (Lipinski definition) is 1. The molecule has 3 rings (SSSR count). The summed E-state index contributed by atoms with van der Waals surface area (Å²) in [5.74, 6) is 0.572. The van der Waals surface area contributed by atoms with Crippen LogP contribution in [0.15, 0.2) is 53.6 Å². The molecule has 0 unspecified atom stereocenters. The normalized spacial score (nSPS) is 20.5. The zero-order valence-electron chi connectivity index (χ0n) is 13.9. The maximum Gasteiger partial charge on any atom is 0.269 e. The van der Waals surface area contributed by atoms with Crippen molar-refractivity contribution in [1.29, 1.82) is 0 Å². The Morgan fingerprint density at radius 1 is 1.08 bits per heavy atom. The largest absolute Gasteiger partial charge is 0.474 e. The summed E-state index contributed by atoms with van der Waals surface area (Å²) >= 11 is 0. The van der Waals surface area contributed by atoms with Crippen LogP contribution in [0, 0.1) is 10.1 Å². The number of nitro benzene ring substituents is 1. The van der Waals surface area contributed by atoms with Crippen LogP contribution in [0.3, 0.4) is 0 Å². The fourth-order valence-corrected chi connectivity index (χ4v) is 4.23. The summed E-state index contributed by atoms with van der Waals surface area (Å²) in [6.07, 6.45) is 4.45. The summed E-state index contributed by atoms with van der Waals surface area (Å²) in [5.41, 5.74) is -0.142. The van der Waals surface area contributed by atoms with Crippen LogP contribution in [-0.2, 0) is 10.0 Å². The first kappa shape index (κ1) is 18.3. The van der Waals surface area contributed by atoms with Crippen molar-refractivity contribution in [2.75, 3.05) is 0 Å². The molecular weight excluding hydrogens is 358 g/mol. The molecule has 1 fully saturated rings. The van der Waals surface area contributed by atoms with Crippen LogP contribution in [0.1, 0.15) is 25.7 Å². The number of ether oxygens (including phenoxy) is 1. The van der Waals surface area contributed by atoms with Gasteiger partial charge in [0.05, 0.1) is 9.82 Å².